The zero-order valence-electron chi connectivity index (χ0n) is 15.8. The van der Waals surface area contributed by atoms with Gasteiger partial charge in [0.1, 0.15) is 5.75 Å². The normalized spacial score (nSPS) is 10.9. The smallest absolute Gasteiger partial charge is 0.249 e. The number of nitrogens with zero attached hydrogens (tertiary/aromatic N) is 3. The summed E-state index contributed by atoms with van der Waals surface area (Å²) < 4.78 is 7.42. The lowest BCUT2D eigenvalue weighted by atomic mass is 10.1. The maximum Gasteiger partial charge on any atom is 0.249 e. The average molecular weight is 375 g/mol. The number of hydrogen-bond acceptors (Lipinski definition) is 4. The van der Waals surface area contributed by atoms with E-state index in [4.69, 9.17) is 4.74 Å². The van der Waals surface area contributed by atoms with Crippen LogP contribution < -0.4 is 10.1 Å². The molecule has 7 nitrogen and oxygen atoms in total. The minimum Gasteiger partial charge on any atom is -0.496 e. The number of aryl methyl sites for hydroxylation is 2. The zero-order valence-corrected chi connectivity index (χ0v) is 15.8. The van der Waals surface area contributed by atoms with Crippen molar-refractivity contribution in [3.8, 4) is 17.1 Å². The summed E-state index contributed by atoms with van der Waals surface area (Å²) in [7, 11) is 3.62. The van der Waals surface area contributed by atoms with Gasteiger partial charge in [-0.05, 0) is 30.2 Å². The van der Waals surface area contributed by atoms with Crippen LogP contribution in [-0.4, -0.2) is 32.8 Å². The molecular formula is C21H21N5O2. The van der Waals surface area contributed by atoms with Gasteiger partial charge in [-0.25, -0.2) is 0 Å². The number of H-pyrrole nitrogens is 1. The van der Waals surface area contributed by atoms with E-state index in [0.29, 0.717) is 24.4 Å². The van der Waals surface area contributed by atoms with Gasteiger partial charge in [0.2, 0.25) is 11.9 Å². The number of benzene rings is 2. The van der Waals surface area contributed by atoms with Crippen molar-refractivity contribution < 1.29 is 9.53 Å². The number of carbonyl (C=O) groups is 1. The van der Waals surface area contributed by atoms with Gasteiger partial charge in [0.25, 0.3) is 0 Å². The molecule has 28 heavy (non-hydrogen) atoms. The summed E-state index contributed by atoms with van der Waals surface area (Å²) in [6, 6.07) is 15.7. The van der Waals surface area contributed by atoms with Crippen LogP contribution in [-0.2, 0) is 18.3 Å². The molecule has 0 saturated heterocycles. The van der Waals surface area contributed by atoms with E-state index in [2.05, 4.69) is 43.4 Å². The number of hydrogen-bond donors (Lipinski definition) is 2. The number of amides is 1. The van der Waals surface area contributed by atoms with Gasteiger partial charge < -0.3 is 9.30 Å². The first-order chi connectivity index (χ1) is 13.7. The standard InChI is InChI=1S/C21H21N5O2/c1-26-13-14(15-7-3-5-9-17(15)26)11-12-19(27)22-21-23-20(24-25-21)16-8-4-6-10-18(16)28-2/h3-10,13H,11-12H2,1-2H3,(H2,22,23,24,25,27). The number of rotatable bonds is 6. The molecule has 4 aromatic rings. The number of aromatic nitrogens is 4. The number of fused-ring (bicyclic) bond motifs is 1. The maximum atomic E-state index is 12.4. The fourth-order valence-corrected chi connectivity index (χ4v) is 3.34. The van der Waals surface area contributed by atoms with E-state index in [1.54, 1.807) is 7.11 Å². The van der Waals surface area contributed by atoms with Crippen molar-refractivity contribution >= 4 is 22.8 Å². The summed E-state index contributed by atoms with van der Waals surface area (Å²) in [6.07, 6.45) is 3.08. The van der Waals surface area contributed by atoms with E-state index < -0.39 is 0 Å². The number of carbonyl (C=O) groups excluding carboxylic acids is 1. The fourth-order valence-electron chi connectivity index (χ4n) is 3.34. The lowest BCUT2D eigenvalue weighted by Gasteiger charge is -2.04. The topological polar surface area (TPSA) is 84.8 Å². The molecule has 2 N–H and O–H groups in total. The monoisotopic (exact) mass is 375 g/mol. The minimum absolute atomic E-state index is 0.126. The van der Waals surface area contributed by atoms with Gasteiger partial charge in [-0.3, -0.25) is 15.2 Å². The van der Waals surface area contributed by atoms with Crippen molar-refractivity contribution in [1.82, 2.24) is 19.7 Å². The highest BCUT2D eigenvalue weighted by atomic mass is 16.5. The first kappa shape index (κ1) is 17.8. The van der Waals surface area contributed by atoms with E-state index >= 15 is 0 Å². The minimum atomic E-state index is -0.126. The summed E-state index contributed by atoms with van der Waals surface area (Å²) in [4.78, 5) is 16.7. The van der Waals surface area contributed by atoms with Crippen molar-refractivity contribution in [1.29, 1.82) is 0 Å². The van der Waals surface area contributed by atoms with E-state index in [0.717, 1.165) is 16.6 Å². The largest absolute Gasteiger partial charge is 0.496 e. The van der Waals surface area contributed by atoms with Crippen molar-refractivity contribution in [3.05, 3.63) is 60.3 Å². The van der Waals surface area contributed by atoms with Gasteiger partial charge in [0.05, 0.1) is 12.7 Å². The predicted molar refractivity (Wildman–Crippen MR) is 108 cm³/mol. The second-order valence-corrected chi connectivity index (χ2v) is 6.54. The van der Waals surface area contributed by atoms with Crippen LogP contribution in [0.25, 0.3) is 22.3 Å². The molecule has 0 bridgehead atoms. The lowest BCUT2D eigenvalue weighted by Crippen LogP contribution is -2.13. The summed E-state index contributed by atoms with van der Waals surface area (Å²) in [5.41, 5.74) is 3.10. The zero-order chi connectivity index (χ0) is 19.5. The van der Waals surface area contributed by atoms with Crippen LogP contribution in [0.15, 0.2) is 54.7 Å². The number of aromatic amines is 1. The van der Waals surface area contributed by atoms with Crippen molar-refractivity contribution in [3.63, 3.8) is 0 Å². The van der Waals surface area contributed by atoms with Crippen LogP contribution in [0.5, 0.6) is 5.75 Å². The molecule has 142 valence electrons. The number of anilines is 1. The number of nitrogens with one attached hydrogen (secondary N) is 2. The summed E-state index contributed by atoms with van der Waals surface area (Å²) in [5, 5.41) is 10.9. The van der Waals surface area contributed by atoms with E-state index in [1.807, 2.05) is 43.4 Å². The first-order valence-corrected chi connectivity index (χ1v) is 9.04. The molecule has 0 spiro atoms. The number of ether oxygens (including phenoxy) is 1. The summed E-state index contributed by atoms with van der Waals surface area (Å²) >= 11 is 0. The lowest BCUT2D eigenvalue weighted by molar-refractivity contribution is -0.116. The highest BCUT2D eigenvalue weighted by molar-refractivity contribution is 5.90. The van der Waals surface area contributed by atoms with Gasteiger partial charge in [-0.15, -0.1) is 5.10 Å². The fraction of sp³-hybridized carbons (Fsp3) is 0.190. The van der Waals surface area contributed by atoms with E-state index in [9.17, 15) is 4.79 Å². The Hall–Kier alpha value is -3.61. The van der Waals surface area contributed by atoms with Gasteiger partial charge in [0.15, 0.2) is 5.82 Å². The summed E-state index contributed by atoms with van der Waals surface area (Å²) in [6.45, 7) is 0. The van der Waals surface area contributed by atoms with E-state index in [1.165, 1.54) is 5.39 Å². The molecule has 0 aliphatic carbocycles. The highest BCUT2D eigenvalue weighted by Crippen LogP contribution is 2.27. The quantitative estimate of drug-likeness (QED) is 0.540. The van der Waals surface area contributed by atoms with Crippen LogP contribution >= 0.6 is 0 Å². The molecule has 0 fully saturated rings. The Morgan fingerprint density at radius 1 is 1.18 bits per heavy atom. The van der Waals surface area contributed by atoms with E-state index in [-0.39, 0.29) is 11.9 Å². The van der Waals surface area contributed by atoms with Crippen molar-refractivity contribution in [2.45, 2.75) is 12.8 Å². The molecular weight excluding hydrogens is 354 g/mol. The molecule has 0 saturated carbocycles. The van der Waals surface area contributed by atoms with Gasteiger partial charge in [-0.1, -0.05) is 30.3 Å². The maximum absolute atomic E-state index is 12.4. The van der Waals surface area contributed by atoms with Gasteiger partial charge in [0, 0.05) is 30.6 Å². The van der Waals surface area contributed by atoms with Crippen LogP contribution in [0.3, 0.4) is 0 Å². The Labute approximate surface area is 162 Å². The molecule has 2 aromatic heterocycles. The van der Waals surface area contributed by atoms with Gasteiger partial charge >= 0.3 is 0 Å². The Morgan fingerprint density at radius 2 is 1.96 bits per heavy atom. The first-order valence-electron chi connectivity index (χ1n) is 9.04. The van der Waals surface area contributed by atoms with Crippen LogP contribution in [0.2, 0.25) is 0 Å². The molecule has 0 aliphatic heterocycles. The molecule has 7 heteroatoms. The molecule has 0 aliphatic rings. The third kappa shape index (κ3) is 3.46. The second-order valence-electron chi connectivity index (χ2n) is 6.54. The summed E-state index contributed by atoms with van der Waals surface area (Å²) in [5.74, 6) is 1.36. The van der Waals surface area contributed by atoms with Crippen LogP contribution in [0.1, 0.15) is 12.0 Å². The number of methoxy groups -OCH3 is 1. The Balaban J connectivity index is 1.42. The molecule has 2 aromatic carbocycles. The SMILES string of the molecule is COc1ccccc1-c1nc(NC(=O)CCc2cn(C)c3ccccc23)n[nH]1. The molecule has 0 atom stereocenters. The predicted octanol–water partition coefficient (Wildman–Crippen LogP) is 3.54. The molecule has 0 unspecified atom stereocenters. The molecule has 1 amide bonds. The molecule has 2 heterocycles. The third-order valence-electron chi connectivity index (χ3n) is 4.70. The van der Waals surface area contributed by atoms with Crippen LogP contribution in [0.4, 0.5) is 5.95 Å². The Kier molecular flexibility index (Phi) is 4.80. The molecule has 0 radical (unpaired) electrons. The number of para-hydroxylation sites is 2. The average Bonchev–Trinajstić information content (AvgIpc) is 3.31. The van der Waals surface area contributed by atoms with Crippen molar-refractivity contribution in [2.75, 3.05) is 12.4 Å². The molecule has 4 rings (SSSR count). The van der Waals surface area contributed by atoms with Crippen LogP contribution in [0, 0.1) is 0 Å². The second kappa shape index (κ2) is 7.56. The Bertz CT molecular complexity index is 1130. The highest BCUT2D eigenvalue weighted by Gasteiger charge is 2.13. The Morgan fingerprint density at radius 3 is 2.82 bits per heavy atom. The third-order valence-corrected chi connectivity index (χ3v) is 4.70. The van der Waals surface area contributed by atoms with Gasteiger partial charge in [-0.2, -0.15) is 4.98 Å². The van der Waals surface area contributed by atoms with Crippen molar-refractivity contribution in [2.24, 2.45) is 7.05 Å².